The number of ether oxygens (including phenoxy) is 1. The lowest BCUT2D eigenvalue weighted by molar-refractivity contribution is 0.0882. The monoisotopic (exact) mass is 196 g/mol. The molecule has 0 aromatic heterocycles. The van der Waals surface area contributed by atoms with E-state index in [1.807, 2.05) is 6.92 Å². The Bertz CT molecular complexity index is 209. The fraction of sp³-hybridized carbons (Fsp3) is 0.692. The van der Waals surface area contributed by atoms with Gasteiger partial charge in [-0.3, -0.25) is 0 Å². The number of hydrogen-bond acceptors (Lipinski definition) is 1. The maximum absolute atomic E-state index is 5.81. The van der Waals surface area contributed by atoms with Gasteiger partial charge in [0, 0.05) is 0 Å². The van der Waals surface area contributed by atoms with Crippen LogP contribution in [0.2, 0.25) is 0 Å². The van der Waals surface area contributed by atoms with Gasteiger partial charge in [-0.2, -0.15) is 0 Å². The van der Waals surface area contributed by atoms with Crippen LogP contribution in [0.1, 0.15) is 47.5 Å². The van der Waals surface area contributed by atoms with Gasteiger partial charge in [0.2, 0.25) is 0 Å². The fourth-order valence-electron chi connectivity index (χ4n) is 1.25. The van der Waals surface area contributed by atoms with Gasteiger partial charge in [0.1, 0.15) is 0 Å². The predicted octanol–water partition coefficient (Wildman–Crippen LogP) is 4.10. The summed E-state index contributed by atoms with van der Waals surface area (Å²) in [6.45, 7) is 15.2. The lowest BCUT2D eigenvalue weighted by Crippen LogP contribution is -2.16. The highest BCUT2D eigenvalue weighted by molar-refractivity contribution is 5.12. The van der Waals surface area contributed by atoms with Crippen molar-refractivity contribution >= 4 is 0 Å². The normalized spacial score (nSPS) is 12.4. The first kappa shape index (κ1) is 13.4. The van der Waals surface area contributed by atoms with Crippen LogP contribution in [0.25, 0.3) is 0 Å². The van der Waals surface area contributed by atoms with E-state index in [-0.39, 0.29) is 6.10 Å². The lowest BCUT2D eigenvalue weighted by atomic mass is 10.0. The van der Waals surface area contributed by atoms with Crippen molar-refractivity contribution in [3.63, 3.8) is 0 Å². The smallest absolute Gasteiger partial charge is 0.0789 e. The maximum Gasteiger partial charge on any atom is 0.0789 e. The molecule has 0 aliphatic heterocycles. The van der Waals surface area contributed by atoms with Crippen LogP contribution in [0.5, 0.6) is 0 Å². The van der Waals surface area contributed by atoms with E-state index in [9.17, 15) is 0 Å². The summed E-state index contributed by atoms with van der Waals surface area (Å²) in [5.41, 5.74) is 3.82. The summed E-state index contributed by atoms with van der Waals surface area (Å²) < 4.78 is 5.81. The molecule has 1 unspecified atom stereocenters. The maximum atomic E-state index is 5.81. The van der Waals surface area contributed by atoms with Crippen molar-refractivity contribution in [3.05, 3.63) is 23.3 Å². The Hall–Kier alpha value is -0.560. The molecule has 14 heavy (non-hydrogen) atoms. The first-order chi connectivity index (χ1) is 6.49. The van der Waals surface area contributed by atoms with E-state index in [2.05, 4.69) is 34.3 Å². The summed E-state index contributed by atoms with van der Waals surface area (Å²) in [5, 5.41) is 0. The van der Waals surface area contributed by atoms with E-state index < -0.39 is 0 Å². The second-order valence-corrected chi connectivity index (χ2v) is 4.23. The zero-order valence-electron chi connectivity index (χ0n) is 10.3. The van der Waals surface area contributed by atoms with Gasteiger partial charge in [0.05, 0.1) is 12.7 Å². The largest absolute Gasteiger partial charge is 0.370 e. The Morgan fingerprint density at radius 2 is 1.79 bits per heavy atom. The molecular formula is C13H24O. The topological polar surface area (TPSA) is 9.23 Å². The molecule has 0 rings (SSSR count). The summed E-state index contributed by atoms with van der Waals surface area (Å²) in [6.07, 6.45) is 2.54. The van der Waals surface area contributed by atoms with Gasteiger partial charge in [-0.25, -0.2) is 0 Å². The molecule has 1 nitrogen and oxygen atoms in total. The quantitative estimate of drug-likeness (QED) is 0.581. The first-order valence-corrected chi connectivity index (χ1v) is 5.39. The van der Waals surface area contributed by atoms with Crippen molar-refractivity contribution in [2.24, 2.45) is 0 Å². The molecule has 1 heteroatoms. The van der Waals surface area contributed by atoms with E-state index >= 15 is 0 Å². The predicted molar refractivity (Wildman–Crippen MR) is 63.5 cm³/mol. The van der Waals surface area contributed by atoms with Crippen molar-refractivity contribution in [3.8, 4) is 0 Å². The zero-order valence-corrected chi connectivity index (χ0v) is 10.3. The van der Waals surface area contributed by atoms with E-state index in [0.29, 0.717) is 6.61 Å². The Morgan fingerprint density at radius 3 is 2.14 bits per heavy atom. The average molecular weight is 196 g/mol. The van der Waals surface area contributed by atoms with Crippen LogP contribution < -0.4 is 0 Å². The highest BCUT2D eigenvalue weighted by Gasteiger charge is 2.11. The zero-order chi connectivity index (χ0) is 11.1. The fourth-order valence-corrected chi connectivity index (χ4v) is 1.25. The number of allylic oxidation sites excluding steroid dienone is 1. The molecule has 0 aromatic carbocycles. The minimum Gasteiger partial charge on any atom is -0.370 e. The molecule has 0 heterocycles. The average Bonchev–Trinajstić information content (AvgIpc) is 2.10. The Balaban J connectivity index is 4.29. The molecule has 0 saturated heterocycles. The molecule has 0 aliphatic rings. The van der Waals surface area contributed by atoms with E-state index in [1.165, 1.54) is 11.1 Å². The standard InChI is InChI=1S/C13H24O/c1-7-8-13(12(6)11(4)5)14-9-10(2)3/h13H,2,7-9H2,1,3-6H3. The van der Waals surface area contributed by atoms with Crippen LogP contribution in [-0.2, 0) is 4.74 Å². The Morgan fingerprint density at radius 1 is 1.21 bits per heavy atom. The highest BCUT2D eigenvalue weighted by Crippen LogP contribution is 2.16. The Labute approximate surface area is 88.9 Å². The molecule has 0 fully saturated rings. The third-order valence-electron chi connectivity index (χ3n) is 2.35. The molecule has 1 atom stereocenters. The summed E-state index contributed by atoms with van der Waals surface area (Å²) >= 11 is 0. The summed E-state index contributed by atoms with van der Waals surface area (Å²) in [5.74, 6) is 0. The van der Waals surface area contributed by atoms with Crippen molar-refractivity contribution in [2.45, 2.75) is 53.6 Å². The SMILES string of the molecule is C=C(C)COC(CCC)C(C)=C(C)C. The highest BCUT2D eigenvalue weighted by atomic mass is 16.5. The van der Waals surface area contributed by atoms with Crippen LogP contribution >= 0.6 is 0 Å². The molecule has 0 aromatic rings. The second kappa shape index (κ2) is 6.83. The van der Waals surface area contributed by atoms with Crippen molar-refractivity contribution in [2.75, 3.05) is 6.61 Å². The second-order valence-electron chi connectivity index (χ2n) is 4.23. The summed E-state index contributed by atoms with van der Waals surface area (Å²) in [7, 11) is 0. The molecule has 82 valence electrons. The lowest BCUT2D eigenvalue weighted by Gasteiger charge is -2.19. The summed E-state index contributed by atoms with van der Waals surface area (Å²) in [6, 6.07) is 0. The molecule has 0 spiro atoms. The number of hydrogen-bond donors (Lipinski definition) is 0. The van der Waals surface area contributed by atoms with Crippen LogP contribution in [-0.4, -0.2) is 12.7 Å². The van der Waals surface area contributed by atoms with Gasteiger partial charge in [0.15, 0.2) is 0 Å². The first-order valence-electron chi connectivity index (χ1n) is 5.39. The van der Waals surface area contributed by atoms with E-state index in [4.69, 9.17) is 4.74 Å². The van der Waals surface area contributed by atoms with Crippen LogP contribution in [0.3, 0.4) is 0 Å². The van der Waals surface area contributed by atoms with Gasteiger partial charge >= 0.3 is 0 Å². The third kappa shape index (κ3) is 5.23. The third-order valence-corrected chi connectivity index (χ3v) is 2.35. The van der Waals surface area contributed by atoms with Gasteiger partial charge in [0.25, 0.3) is 0 Å². The van der Waals surface area contributed by atoms with E-state index in [1.54, 1.807) is 0 Å². The van der Waals surface area contributed by atoms with Gasteiger partial charge in [-0.05, 0) is 39.7 Å². The van der Waals surface area contributed by atoms with Gasteiger partial charge < -0.3 is 4.74 Å². The molecule has 0 aliphatic carbocycles. The van der Waals surface area contributed by atoms with Crippen molar-refractivity contribution in [1.29, 1.82) is 0 Å². The van der Waals surface area contributed by atoms with Gasteiger partial charge in [-0.15, -0.1) is 0 Å². The minimum absolute atomic E-state index is 0.279. The van der Waals surface area contributed by atoms with Crippen LogP contribution in [0.15, 0.2) is 23.3 Å². The molecule has 0 amide bonds. The van der Waals surface area contributed by atoms with E-state index in [0.717, 1.165) is 18.4 Å². The minimum atomic E-state index is 0.279. The van der Waals surface area contributed by atoms with Crippen molar-refractivity contribution < 1.29 is 4.74 Å². The molecule has 0 bridgehead atoms. The number of rotatable bonds is 6. The molecule has 0 saturated carbocycles. The van der Waals surface area contributed by atoms with Crippen LogP contribution in [0.4, 0.5) is 0 Å². The molecule has 0 radical (unpaired) electrons. The Kier molecular flexibility index (Phi) is 6.56. The summed E-state index contributed by atoms with van der Waals surface area (Å²) in [4.78, 5) is 0. The molecular weight excluding hydrogens is 172 g/mol. The van der Waals surface area contributed by atoms with Crippen LogP contribution in [0, 0.1) is 0 Å². The van der Waals surface area contributed by atoms with Crippen molar-refractivity contribution in [1.82, 2.24) is 0 Å². The molecule has 0 N–H and O–H groups in total. The van der Waals surface area contributed by atoms with Gasteiger partial charge in [-0.1, -0.05) is 31.1 Å².